The van der Waals surface area contributed by atoms with Crippen LogP contribution in [0.1, 0.15) is 25.3 Å². The highest BCUT2D eigenvalue weighted by Gasteiger charge is 2.34. The van der Waals surface area contributed by atoms with E-state index in [4.69, 9.17) is 9.73 Å². The van der Waals surface area contributed by atoms with Crippen molar-refractivity contribution in [3.8, 4) is 5.69 Å². The minimum absolute atomic E-state index is 0. The zero-order valence-electron chi connectivity index (χ0n) is 16.3. The van der Waals surface area contributed by atoms with E-state index in [2.05, 4.69) is 34.8 Å². The third-order valence-electron chi connectivity index (χ3n) is 4.93. The molecule has 1 fully saturated rings. The van der Waals surface area contributed by atoms with Gasteiger partial charge in [0.1, 0.15) is 0 Å². The van der Waals surface area contributed by atoms with Crippen LogP contribution in [0.5, 0.6) is 0 Å². The molecule has 7 nitrogen and oxygen atoms in total. The molecule has 3 rings (SSSR count). The van der Waals surface area contributed by atoms with E-state index >= 15 is 0 Å². The maximum atomic E-state index is 9.37. The Kier molecular flexibility index (Phi) is 9.20. The average Bonchev–Trinajstić information content (AvgIpc) is 3.37. The van der Waals surface area contributed by atoms with Crippen molar-refractivity contribution in [2.24, 2.45) is 10.4 Å². The molecule has 1 aromatic carbocycles. The predicted octanol–water partition coefficient (Wildman–Crippen LogP) is 2.33. The van der Waals surface area contributed by atoms with Gasteiger partial charge in [-0.15, -0.1) is 24.0 Å². The molecule has 2 heterocycles. The lowest BCUT2D eigenvalue weighted by Crippen LogP contribution is -2.44. The van der Waals surface area contributed by atoms with E-state index in [9.17, 15) is 5.11 Å². The summed E-state index contributed by atoms with van der Waals surface area (Å²) >= 11 is 0. The summed E-state index contributed by atoms with van der Waals surface area (Å²) in [6.45, 7) is 5.83. The Bertz CT molecular complexity index is 713. The number of aliphatic hydroxyl groups is 1. The summed E-state index contributed by atoms with van der Waals surface area (Å²) < 4.78 is 7.39. The van der Waals surface area contributed by atoms with E-state index in [1.165, 1.54) is 0 Å². The lowest BCUT2D eigenvalue weighted by molar-refractivity contribution is 0.127. The highest BCUT2D eigenvalue weighted by atomic mass is 127. The number of aliphatic imine (C=N–C) groups is 1. The Labute approximate surface area is 183 Å². The van der Waals surface area contributed by atoms with Gasteiger partial charge >= 0.3 is 0 Å². The molecular formula is C20H30IN5O2. The second kappa shape index (κ2) is 11.4. The Hall–Kier alpha value is -1.65. The molecule has 1 atom stereocenters. The van der Waals surface area contributed by atoms with Crippen LogP contribution in [0.25, 0.3) is 5.69 Å². The molecule has 3 N–H and O–H groups in total. The first-order chi connectivity index (χ1) is 13.2. The highest BCUT2D eigenvalue weighted by Crippen LogP contribution is 2.31. The maximum Gasteiger partial charge on any atom is 0.191 e. The molecule has 1 unspecified atom stereocenters. The van der Waals surface area contributed by atoms with E-state index in [0.717, 1.165) is 49.7 Å². The minimum atomic E-state index is -0.00362. The fraction of sp³-hybridized carbons (Fsp3) is 0.500. The average molecular weight is 499 g/mol. The molecule has 0 bridgehead atoms. The minimum Gasteiger partial charge on any atom is -0.396 e. The van der Waals surface area contributed by atoms with Crippen LogP contribution in [0, 0.1) is 5.41 Å². The number of hydrogen-bond donors (Lipinski definition) is 3. The van der Waals surface area contributed by atoms with E-state index in [1.54, 1.807) is 6.20 Å². The quantitative estimate of drug-likeness (QED) is 0.295. The van der Waals surface area contributed by atoms with Crippen LogP contribution in [-0.2, 0) is 11.3 Å². The van der Waals surface area contributed by atoms with Crippen molar-refractivity contribution in [2.45, 2.75) is 26.3 Å². The van der Waals surface area contributed by atoms with Crippen LogP contribution in [-0.4, -0.2) is 53.8 Å². The molecular weight excluding hydrogens is 469 g/mol. The summed E-state index contributed by atoms with van der Waals surface area (Å²) in [4.78, 5) is 4.70. The number of hydrogen-bond acceptors (Lipinski definition) is 4. The molecule has 0 spiro atoms. The Balaban J connectivity index is 0.00000280. The topological polar surface area (TPSA) is 83.7 Å². The fourth-order valence-electron chi connectivity index (χ4n) is 3.27. The fourth-order valence-corrected chi connectivity index (χ4v) is 3.27. The van der Waals surface area contributed by atoms with Crippen molar-refractivity contribution in [2.75, 3.05) is 32.9 Å². The van der Waals surface area contributed by atoms with Crippen LogP contribution >= 0.6 is 24.0 Å². The number of guanidine groups is 1. The normalized spacial score (nSPS) is 19.3. The van der Waals surface area contributed by atoms with Gasteiger partial charge in [-0.3, -0.25) is 0 Å². The number of aliphatic hydroxyl groups excluding tert-OH is 1. The van der Waals surface area contributed by atoms with Crippen LogP contribution < -0.4 is 10.6 Å². The third kappa shape index (κ3) is 6.18. The number of nitrogens with zero attached hydrogens (tertiary/aromatic N) is 3. The Morgan fingerprint density at radius 1 is 1.32 bits per heavy atom. The molecule has 2 aromatic rings. The van der Waals surface area contributed by atoms with Crippen LogP contribution in [0.15, 0.2) is 47.7 Å². The first kappa shape index (κ1) is 22.6. The summed E-state index contributed by atoms with van der Waals surface area (Å²) in [5.74, 6) is 0.790. The van der Waals surface area contributed by atoms with Crippen LogP contribution in [0.2, 0.25) is 0 Å². The van der Waals surface area contributed by atoms with Crippen molar-refractivity contribution in [1.82, 2.24) is 20.4 Å². The summed E-state index contributed by atoms with van der Waals surface area (Å²) in [7, 11) is 0. The second-order valence-electron chi connectivity index (χ2n) is 6.94. The maximum absolute atomic E-state index is 9.37. The number of aromatic nitrogens is 2. The van der Waals surface area contributed by atoms with Crippen molar-refractivity contribution < 1.29 is 9.84 Å². The van der Waals surface area contributed by atoms with Crippen molar-refractivity contribution >= 4 is 29.9 Å². The zero-order chi connectivity index (χ0) is 19.0. The number of halogens is 1. The SMILES string of the molecule is CCNC(=NCc1ccc(-n2cccn2)cc1)NCC1(CCO)CCOC1.I. The van der Waals surface area contributed by atoms with Gasteiger partial charge in [-0.1, -0.05) is 12.1 Å². The molecule has 0 amide bonds. The molecule has 1 aliphatic heterocycles. The van der Waals surface area contributed by atoms with E-state index in [0.29, 0.717) is 13.2 Å². The predicted molar refractivity (Wildman–Crippen MR) is 121 cm³/mol. The molecule has 0 saturated carbocycles. The van der Waals surface area contributed by atoms with Gasteiger partial charge in [0.25, 0.3) is 0 Å². The second-order valence-corrected chi connectivity index (χ2v) is 6.94. The monoisotopic (exact) mass is 499 g/mol. The molecule has 154 valence electrons. The molecule has 28 heavy (non-hydrogen) atoms. The van der Waals surface area contributed by atoms with Crippen LogP contribution in [0.4, 0.5) is 0 Å². The van der Waals surface area contributed by atoms with Crippen molar-refractivity contribution in [3.63, 3.8) is 0 Å². The molecule has 0 radical (unpaired) electrons. The summed E-state index contributed by atoms with van der Waals surface area (Å²) in [5.41, 5.74) is 2.17. The lowest BCUT2D eigenvalue weighted by Gasteiger charge is -2.27. The standard InChI is InChI=1S/C20H29N5O2.HI/c1-2-21-19(23-15-20(8-12-26)9-13-27-16-20)22-14-17-4-6-18(7-5-17)25-11-3-10-24-25;/h3-7,10-11,26H,2,8-9,12-16H2,1H3,(H2,21,22,23);1H. The van der Waals surface area contributed by atoms with Crippen LogP contribution in [0.3, 0.4) is 0 Å². The lowest BCUT2D eigenvalue weighted by atomic mass is 9.84. The third-order valence-corrected chi connectivity index (χ3v) is 4.93. The smallest absolute Gasteiger partial charge is 0.191 e. The van der Waals surface area contributed by atoms with Gasteiger partial charge in [0, 0.05) is 44.1 Å². The molecule has 8 heteroatoms. The first-order valence-electron chi connectivity index (χ1n) is 9.54. The summed E-state index contributed by atoms with van der Waals surface area (Å²) in [6, 6.07) is 10.1. The molecule has 0 aliphatic carbocycles. The molecule has 1 aliphatic rings. The Morgan fingerprint density at radius 2 is 2.14 bits per heavy atom. The summed E-state index contributed by atoms with van der Waals surface area (Å²) in [5, 5.41) is 20.3. The first-order valence-corrected chi connectivity index (χ1v) is 9.54. The molecule has 1 aromatic heterocycles. The summed E-state index contributed by atoms with van der Waals surface area (Å²) in [6.07, 6.45) is 5.41. The van der Waals surface area contributed by atoms with Gasteiger partial charge in [0.2, 0.25) is 0 Å². The molecule has 1 saturated heterocycles. The van der Waals surface area contributed by atoms with Gasteiger partial charge in [-0.25, -0.2) is 9.67 Å². The Morgan fingerprint density at radius 3 is 2.75 bits per heavy atom. The van der Waals surface area contributed by atoms with Gasteiger partial charge in [0.15, 0.2) is 5.96 Å². The highest BCUT2D eigenvalue weighted by molar-refractivity contribution is 14.0. The van der Waals surface area contributed by atoms with E-state index in [1.807, 2.05) is 29.1 Å². The van der Waals surface area contributed by atoms with E-state index in [-0.39, 0.29) is 36.0 Å². The van der Waals surface area contributed by atoms with Crippen molar-refractivity contribution in [1.29, 1.82) is 0 Å². The number of nitrogens with one attached hydrogen (secondary N) is 2. The number of ether oxygens (including phenoxy) is 1. The largest absolute Gasteiger partial charge is 0.396 e. The number of rotatable bonds is 8. The van der Waals surface area contributed by atoms with Gasteiger partial charge < -0.3 is 20.5 Å². The zero-order valence-corrected chi connectivity index (χ0v) is 18.6. The van der Waals surface area contributed by atoms with Gasteiger partial charge in [0.05, 0.1) is 18.8 Å². The number of benzene rings is 1. The van der Waals surface area contributed by atoms with Gasteiger partial charge in [-0.2, -0.15) is 5.10 Å². The van der Waals surface area contributed by atoms with Gasteiger partial charge in [-0.05, 0) is 43.5 Å². The van der Waals surface area contributed by atoms with Crippen molar-refractivity contribution in [3.05, 3.63) is 48.3 Å². The van der Waals surface area contributed by atoms with E-state index < -0.39 is 0 Å².